The van der Waals surface area contributed by atoms with E-state index >= 15 is 0 Å². The van der Waals surface area contributed by atoms with Gasteiger partial charge in [-0.05, 0) is 81.1 Å². The Kier molecular flexibility index (Phi) is 7.38. The van der Waals surface area contributed by atoms with Crippen LogP contribution in [-0.4, -0.2) is 23.8 Å². The molecule has 126 valence electrons. The van der Waals surface area contributed by atoms with Crippen molar-refractivity contribution in [1.29, 1.82) is 0 Å². The van der Waals surface area contributed by atoms with E-state index in [1.54, 1.807) is 24.3 Å². The highest BCUT2D eigenvalue weighted by Crippen LogP contribution is 2.27. The van der Waals surface area contributed by atoms with Crippen LogP contribution in [0.15, 0.2) is 35.4 Å². The Hall–Kier alpha value is -0.780. The number of ether oxygens (including phenoxy) is 1. The molecule has 0 radical (unpaired) electrons. The standard InChI is InChI=1S/C15H10Cl2I2N2O3/c16-9-1-2-13(10(17)5-9)24-7-14(22)21-20-6-8-3-11(18)15(23)12(19)4-8/h1-6,23H,7H2,(H,21,22)/b20-6-. The number of phenolic OH excluding ortho intramolecular Hbond substituents is 1. The number of nitrogens with one attached hydrogen (secondary N) is 1. The number of carbonyl (C=O) groups is 1. The number of hydrogen-bond donors (Lipinski definition) is 2. The molecule has 0 aliphatic heterocycles. The fourth-order valence-electron chi connectivity index (χ4n) is 1.61. The summed E-state index contributed by atoms with van der Waals surface area (Å²) in [5.74, 6) is 0.161. The second-order valence-electron chi connectivity index (χ2n) is 4.49. The van der Waals surface area contributed by atoms with Gasteiger partial charge in [0.2, 0.25) is 0 Å². The lowest BCUT2D eigenvalue weighted by Gasteiger charge is -2.07. The minimum Gasteiger partial charge on any atom is -0.506 e. The number of nitrogens with zero attached hydrogens (tertiary/aromatic N) is 1. The normalized spacial score (nSPS) is 10.8. The first-order valence-electron chi connectivity index (χ1n) is 6.44. The van der Waals surface area contributed by atoms with Crippen LogP contribution in [0, 0.1) is 7.14 Å². The number of hydrazone groups is 1. The van der Waals surface area contributed by atoms with Crippen LogP contribution in [0.3, 0.4) is 0 Å². The molecule has 5 nitrogen and oxygen atoms in total. The van der Waals surface area contributed by atoms with Gasteiger partial charge in [-0.2, -0.15) is 5.10 Å². The Balaban J connectivity index is 1.89. The second-order valence-corrected chi connectivity index (χ2v) is 7.66. The largest absolute Gasteiger partial charge is 0.506 e. The van der Waals surface area contributed by atoms with Gasteiger partial charge in [0.1, 0.15) is 11.5 Å². The van der Waals surface area contributed by atoms with Crippen molar-refractivity contribution in [1.82, 2.24) is 5.43 Å². The molecule has 0 saturated carbocycles. The molecule has 9 heteroatoms. The summed E-state index contributed by atoms with van der Waals surface area (Å²) in [6.07, 6.45) is 1.48. The predicted molar refractivity (Wildman–Crippen MR) is 111 cm³/mol. The van der Waals surface area contributed by atoms with Crippen molar-refractivity contribution in [2.75, 3.05) is 6.61 Å². The van der Waals surface area contributed by atoms with Gasteiger partial charge >= 0.3 is 0 Å². The van der Waals surface area contributed by atoms with E-state index < -0.39 is 5.91 Å². The monoisotopic (exact) mass is 590 g/mol. The van der Waals surface area contributed by atoms with Crippen molar-refractivity contribution < 1.29 is 14.6 Å². The Morgan fingerprint density at radius 2 is 1.92 bits per heavy atom. The summed E-state index contributed by atoms with van der Waals surface area (Å²) in [6.45, 7) is -0.233. The van der Waals surface area contributed by atoms with Crippen molar-refractivity contribution in [2.24, 2.45) is 5.10 Å². The van der Waals surface area contributed by atoms with Gasteiger partial charge in [0.25, 0.3) is 5.91 Å². The number of aromatic hydroxyl groups is 1. The molecule has 24 heavy (non-hydrogen) atoms. The summed E-state index contributed by atoms with van der Waals surface area (Å²) in [7, 11) is 0. The molecule has 0 saturated heterocycles. The lowest BCUT2D eigenvalue weighted by molar-refractivity contribution is -0.123. The first kappa shape index (κ1) is 19.5. The zero-order valence-corrected chi connectivity index (χ0v) is 17.7. The molecule has 2 aromatic rings. The molecule has 0 atom stereocenters. The van der Waals surface area contributed by atoms with Gasteiger partial charge in [0, 0.05) is 5.02 Å². The maximum atomic E-state index is 11.7. The number of hydrogen-bond acceptors (Lipinski definition) is 4. The quantitative estimate of drug-likeness (QED) is 0.307. The third-order valence-electron chi connectivity index (χ3n) is 2.69. The maximum Gasteiger partial charge on any atom is 0.277 e. The van der Waals surface area contributed by atoms with Crippen LogP contribution >= 0.6 is 68.4 Å². The second kappa shape index (κ2) is 9.07. The first-order chi connectivity index (χ1) is 11.4. The van der Waals surface area contributed by atoms with Crippen LogP contribution in [0.5, 0.6) is 11.5 Å². The number of benzene rings is 2. The van der Waals surface area contributed by atoms with Gasteiger partial charge in [-0.3, -0.25) is 4.79 Å². The van der Waals surface area contributed by atoms with E-state index in [-0.39, 0.29) is 12.4 Å². The molecule has 0 aliphatic carbocycles. The summed E-state index contributed by atoms with van der Waals surface area (Å²) >= 11 is 15.8. The van der Waals surface area contributed by atoms with Crippen LogP contribution in [0.1, 0.15) is 5.56 Å². The number of rotatable bonds is 5. The van der Waals surface area contributed by atoms with Crippen molar-refractivity contribution in [3.8, 4) is 11.5 Å². The highest BCUT2D eigenvalue weighted by Gasteiger charge is 2.07. The molecule has 0 unspecified atom stereocenters. The number of halogens is 4. The predicted octanol–water partition coefficient (Wildman–Crippen LogP) is 4.44. The molecule has 0 heterocycles. The Morgan fingerprint density at radius 1 is 1.25 bits per heavy atom. The highest BCUT2D eigenvalue weighted by molar-refractivity contribution is 14.1. The number of amides is 1. The lowest BCUT2D eigenvalue weighted by atomic mass is 10.2. The van der Waals surface area contributed by atoms with Crippen LogP contribution in [-0.2, 0) is 4.79 Å². The van der Waals surface area contributed by atoms with Crippen molar-refractivity contribution in [3.05, 3.63) is 53.1 Å². The average molecular weight is 591 g/mol. The average Bonchev–Trinajstić information content (AvgIpc) is 2.51. The lowest BCUT2D eigenvalue weighted by Crippen LogP contribution is -2.24. The SMILES string of the molecule is O=C(COc1ccc(Cl)cc1Cl)N/N=C\c1cc(I)c(O)c(I)c1. The van der Waals surface area contributed by atoms with Crippen LogP contribution in [0.25, 0.3) is 0 Å². The minimum absolute atomic E-state index is 0.227. The molecule has 1 amide bonds. The van der Waals surface area contributed by atoms with E-state index in [1.807, 2.05) is 45.2 Å². The molecule has 2 aromatic carbocycles. The number of carbonyl (C=O) groups excluding carboxylic acids is 1. The molecular weight excluding hydrogens is 581 g/mol. The van der Waals surface area contributed by atoms with E-state index in [0.717, 1.165) is 5.56 Å². The highest BCUT2D eigenvalue weighted by atomic mass is 127. The summed E-state index contributed by atoms with van der Waals surface area (Å²) in [5, 5.41) is 14.4. The maximum absolute atomic E-state index is 11.7. The third kappa shape index (κ3) is 5.64. The van der Waals surface area contributed by atoms with Gasteiger partial charge in [-0.1, -0.05) is 23.2 Å². The molecule has 0 fully saturated rings. The first-order valence-corrected chi connectivity index (χ1v) is 9.36. The van der Waals surface area contributed by atoms with E-state index in [9.17, 15) is 9.90 Å². The molecular formula is C15H10Cl2I2N2O3. The van der Waals surface area contributed by atoms with Gasteiger partial charge in [-0.25, -0.2) is 5.43 Å². The molecule has 2 rings (SSSR count). The van der Waals surface area contributed by atoms with Gasteiger partial charge < -0.3 is 9.84 Å². The van der Waals surface area contributed by atoms with Gasteiger partial charge in [0.05, 0.1) is 18.4 Å². The molecule has 0 spiro atoms. The summed E-state index contributed by atoms with van der Waals surface area (Å²) in [4.78, 5) is 11.7. The Labute approximate surface area is 175 Å². The van der Waals surface area contributed by atoms with E-state index in [2.05, 4.69) is 10.5 Å². The summed E-state index contributed by atoms with van der Waals surface area (Å²) in [6, 6.07) is 8.23. The Morgan fingerprint density at radius 3 is 2.54 bits per heavy atom. The fourth-order valence-corrected chi connectivity index (χ4v) is 3.89. The zero-order valence-electron chi connectivity index (χ0n) is 11.9. The van der Waals surface area contributed by atoms with E-state index in [4.69, 9.17) is 27.9 Å². The van der Waals surface area contributed by atoms with Gasteiger partial charge in [-0.15, -0.1) is 0 Å². The van der Waals surface area contributed by atoms with Crippen LogP contribution in [0.4, 0.5) is 0 Å². The molecule has 2 N–H and O–H groups in total. The zero-order chi connectivity index (χ0) is 17.7. The van der Waals surface area contributed by atoms with Crippen LogP contribution in [0.2, 0.25) is 10.0 Å². The molecule has 0 bridgehead atoms. The Bertz CT molecular complexity index is 777. The van der Waals surface area contributed by atoms with Crippen molar-refractivity contribution in [2.45, 2.75) is 0 Å². The fraction of sp³-hybridized carbons (Fsp3) is 0.0667. The van der Waals surface area contributed by atoms with E-state index in [1.165, 1.54) is 12.3 Å². The van der Waals surface area contributed by atoms with E-state index in [0.29, 0.717) is 22.9 Å². The van der Waals surface area contributed by atoms with Gasteiger partial charge in [0.15, 0.2) is 6.61 Å². The smallest absolute Gasteiger partial charge is 0.277 e. The third-order valence-corrected chi connectivity index (χ3v) is 4.87. The summed E-state index contributed by atoms with van der Waals surface area (Å²) in [5.41, 5.74) is 3.11. The van der Waals surface area contributed by atoms with Crippen LogP contribution < -0.4 is 10.2 Å². The molecule has 0 aliphatic rings. The van der Waals surface area contributed by atoms with Crippen molar-refractivity contribution >= 4 is 80.5 Å². The minimum atomic E-state index is -0.430. The number of phenols is 1. The molecule has 0 aromatic heterocycles. The topological polar surface area (TPSA) is 70.9 Å². The van der Waals surface area contributed by atoms with Crippen molar-refractivity contribution in [3.63, 3.8) is 0 Å². The summed E-state index contributed by atoms with van der Waals surface area (Å²) < 4.78 is 6.70.